The maximum Gasteiger partial charge on any atom is 0.346 e. The van der Waals surface area contributed by atoms with Gasteiger partial charge in [-0.15, -0.1) is 5.10 Å². The first-order chi connectivity index (χ1) is 7.25. The average Bonchev–Trinajstić information content (AvgIpc) is 2.68. The van der Waals surface area contributed by atoms with E-state index in [1.165, 1.54) is 6.07 Å². The van der Waals surface area contributed by atoms with Gasteiger partial charge >= 0.3 is 5.82 Å². The highest BCUT2D eigenvalue weighted by atomic mass is 16.6. The molecule has 1 aromatic rings. The second-order valence-corrected chi connectivity index (χ2v) is 3.43. The number of hydrogen-bond acceptors (Lipinski definition) is 5. The number of piperidine rings is 1. The summed E-state index contributed by atoms with van der Waals surface area (Å²) in [7, 11) is 0. The molecule has 15 heavy (non-hydrogen) atoms. The van der Waals surface area contributed by atoms with Crippen LogP contribution in [0, 0.1) is 10.1 Å². The van der Waals surface area contributed by atoms with Crippen LogP contribution in [0.3, 0.4) is 0 Å². The minimum Gasteiger partial charge on any atom is -0.470 e. The molecule has 0 bridgehead atoms. The van der Waals surface area contributed by atoms with E-state index in [4.69, 9.17) is 4.74 Å². The third-order valence-corrected chi connectivity index (χ3v) is 2.28. The van der Waals surface area contributed by atoms with E-state index in [9.17, 15) is 10.1 Å². The predicted octanol–water partition coefficient (Wildman–Crippen LogP) is 0.449. The smallest absolute Gasteiger partial charge is 0.346 e. The van der Waals surface area contributed by atoms with Crippen LogP contribution in [0.25, 0.3) is 0 Å². The van der Waals surface area contributed by atoms with Crippen molar-refractivity contribution in [1.29, 1.82) is 0 Å². The van der Waals surface area contributed by atoms with Gasteiger partial charge in [-0.25, -0.2) is 0 Å². The quantitative estimate of drug-likeness (QED) is 0.560. The Kier molecular flexibility index (Phi) is 2.82. The van der Waals surface area contributed by atoms with Crippen molar-refractivity contribution in [2.75, 3.05) is 13.1 Å². The van der Waals surface area contributed by atoms with Gasteiger partial charge in [-0.2, -0.15) is 0 Å². The van der Waals surface area contributed by atoms with Crippen LogP contribution in [-0.4, -0.2) is 34.3 Å². The Hall–Kier alpha value is -1.63. The topological polar surface area (TPSA) is 93.1 Å². The summed E-state index contributed by atoms with van der Waals surface area (Å²) in [6.45, 7) is 1.77. The van der Waals surface area contributed by atoms with E-state index in [1.807, 2.05) is 0 Å². The third kappa shape index (κ3) is 2.44. The van der Waals surface area contributed by atoms with Crippen molar-refractivity contribution in [3.8, 4) is 5.88 Å². The first-order valence-electron chi connectivity index (χ1n) is 4.83. The lowest BCUT2D eigenvalue weighted by Gasteiger charge is -2.22. The highest BCUT2D eigenvalue weighted by Gasteiger charge is 2.18. The van der Waals surface area contributed by atoms with E-state index in [1.54, 1.807) is 0 Å². The zero-order valence-corrected chi connectivity index (χ0v) is 8.10. The standard InChI is InChI=1S/C8H12N4O3/c13-12(14)7-4-8(11-10-7)15-6-2-1-3-9-5-6/h4,6,9H,1-3,5H2,(H,10,11). The van der Waals surface area contributed by atoms with E-state index in [0.717, 1.165) is 25.9 Å². The lowest BCUT2D eigenvalue weighted by atomic mass is 10.1. The van der Waals surface area contributed by atoms with Crippen molar-refractivity contribution < 1.29 is 9.66 Å². The van der Waals surface area contributed by atoms with Gasteiger partial charge < -0.3 is 20.2 Å². The van der Waals surface area contributed by atoms with E-state index < -0.39 is 4.92 Å². The first-order valence-corrected chi connectivity index (χ1v) is 4.83. The molecule has 2 rings (SSSR count). The van der Waals surface area contributed by atoms with Crippen molar-refractivity contribution in [1.82, 2.24) is 15.5 Å². The Labute approximate surface area is 86.0 Å². The number of nitro groups is 1. The molecular weight excluding hydrogens is 200 g/mol. The molecule has 0 saturated carbocycles. The second kappa shape index (κ2) is 4.26. The summed E-state index contributed by atoms with van der Waals surface area (Å²) in [5, 5.41) is 19.6. The zero-order chi connectivity index (χ0) is 10.7. The maximum atomic E-state index is 10.4. The van der Waals surface area contributed by atoms with Crippen molar-refractivity contribution in [2.45, 2.75) is 18.9 Å². The molecule has 1 saturated heterocycles. The van der Waals surface area contributed by atoms with Gasteiger partial charge in [0.2, 0.25) is 0 Å². The molecule has 0 radical (unpaired) electrons. The maximum absolute atomic E-state index is 10.4. The molecule has 2 N–H and O–H groups in total. The Morgan fingerprint density at radius 1 is 1.67 bits per heavy atom. The average molecular weight is 212 g/mol. The Morgan fingerprint density at radius 2 is 2.53 bits per heavy atom. The fraction of sp³-hybridized carbons (Fsp3) is 0.625. The molecule has 1 aromatic heterocycles. The number of aromatic amines is 1. The van der Waals surface area contributed by atoms with Crippen molar-refractivity contribution in [2.24, 2.45) is 0 Å². The van der Waals surface area contributed by atoms with Gasteiger partial charge in [-0.05, 0) is 29.4 Å². The Bertz CT molecular complexity index is 345. The van der Waals surface area contributed by atoms with Crippen LogP contribution in [0.4, 0.5) is 5.82 Å². The van der Waals surface area contributed by atoms with Crippen molar-refractivity contribution in [3.05, 3.63) is 16.2 Å². The van der Waals surface area contributed by atoms with Crippen LogP contribution >= 0.6 is 0 Å². The van der Waals surface area contributed by atoms with Crippen LogP contribution in [-0.2, 0) is 0 Å². The monoisotopic (exact) mass is 212 g/mol. The number of hydrogen-bond donors (Lipinski definition) is 2. The Morgan fingerprint density at radius 3 is 3.13 bits per heavy atom. The number of nitrogens with one attached hydrogen (secondary N) is 2. The molecule has 7 nitrogen and oxygen atoms in total. The summed E-state index contributed by atoms with van der Waals surface area (Å²) < 4.78 is 5.48. The number of ether oxygens (including phenoxy) is 1. The summed E-state index contributed by atoms with van der Waals surface area (Å²) in [5.41, 5.74) is 0. The molecule has 7 heteroatoms. The van der Waals surface area contributed by atoms with Gasteiger partial charge in [-0.3, -0.25) is 0 Å². The fourth-order valence-electron chi connectivity index (χ4n) is 1.54. The van der Waals surface area contributed by atoms with E-state index in [0.29, 0.717) is 0 Å². The molecular formula is C8H12N4O3. The van der Waals surface area contributed by atoms with E-state index >= 15 is 0 Å². The van der Waals surface area contributed by atoms with E-state index in [-0.39, 0.29) is 17.8 Å². The summed E-state index contributed by atoms with van der Waals surface area (Å²) >= 11 is 0. The predicted molar refractivity (Wildman–Crippen MR) is 51.8 cm³/mol. The van der Waals surface area contributed by atoms with Crippen LogP contribution in [0.15, 0.2) is 6.07 Å². The molecule has 0 spiro atoms. The molecule has 1 atom stereocenters. The van der Waals surface area contributed by atoms with Crippen LogP contribution in [0.5, 0.6) is 5.88 Å². The van der Waals surface area contributed by atoms with Gasteiger partial charge in [0.1, 0.15) is 6.10 Å². The van der Waals surface area contributed by atoms with Crippen molar-refractivity contribution in [3.63, 3.8) is 0 Å². The van der Waals surface area contributed by atoms with Crippen LogP contribution in [0.2, 0.25) is 0 Å². The SMILES string of the molecule is O=[N+]([O-])c1cc(OC2CCCNC2)n[nH]1. The first kappa shape index (κ1) is 9.91. The molecule has 0 amide bonds. The number of H-pyrrole nitrogens is 1. The van der Waals surface area contributed by atoms with Gasteiger partial charge in [0.15, 0.2) is 0 Å². The van der Waals surface area contributed by atoms with E-state index in [2.05, 4.69) is 15.5 Å². The van der Waals surface area contributed by atoms with Gasteiger partial charge in [0.05, 0.1) is 6.07 Å². The lowest BCUT2D eigenvalue weighted by molar-refractivity contribution is -0.389. The summed E-state index contributed by atoms with van der Waals surface area (Å²) in [5.74, 6) is 0.143. The van der Waals surface area contributed by atoms with Crippen molar-refractivity contribution >= 4 is 5.82 Å². The second-order valence-electron chi connectivity index (χ2n) is 3.43. The summed E-state index contributed by atoms with van der Waals surface area (Å²) in [4.78, 5) is 9.84. The molecule has 82 valence electrons. The lowest BCUT2D eigenvalue weighted by Crippen LogP contribution is -2.37. The summed E-state index contributed by atoms with van der Waals surface area (Å²) in [6, 6.07) is 1.30. The number of nitrogens with zero attached hydrogens (tertiary/aromatic N) is 2. The number of aromatic nitrogens is 2. The Balaban J connectivity index is 1.94. The normalized spacial score (nSPS) is 21.2. The minimum absolute atomic E-state index is 0.0571. The molecule has 1 aliphatic rings. The zero-order valence-electron chi connectivity index (χ0n) is 8.10. The molecule has 0 aromatic carbocycles. The molecule has 1 unspecified atom stereocenters. The highest BCUT2D eigenvalue weighted by Crippen LogP contribution is 2.17. The molecule has 2 heterocycles. The third-order valence-electron chi connectivity index (χ3n) is 2.28. The highest BCUT2D eigenvalue weighted by molar-refractivity contribution is 5.24. The van der Waals surface area contributed by atoms with Crippen LogP contribution < -0.4 is 10.1 Å². The molecule has 0 aliphatic carbocycles. The van der Waals surface area contributed by atoms with Gasteiger partial charge in [-0.1, -0.05) is 0 Å². The van der Waals surface area contributed by atoms with Gasteiger partial charge in [0.25, 0.3) is 5.88 Å². The minimum atomic E-state index is -0.529. The van der Waals surface area contributed by atoms with Gasteiger partial charge in [0, 0.05) is 6.54 Å². The largest absolute Gasteiger partial charge is 0.470 e. The fourth-order valence-corrected chi connectivity index (χ4v) is 1.54. The van der Waals surface area contributed by atoms with Crippen LogP contribution in [0.1, 0.15) is 12.8 Å². The molecule has 1 fully saturated rings. The molecule has 1 aliphatic heterocycles. The number of rotatable bonds is 3. The summed E-state index contributed by atoms with van der Waals surface area (Å²) in [6.07, 6.45) is 2.06.